The molecule has 1 aromatic carbocycles. The van der Waals surface area contributed by atoms with E-state index < -0.39 is 0 Å². The highest BCUT2D eigenvalue weighted by Gasteiger charge is 2.28. The summed E-state index contributed by atoms with van der Waals surface area (Å²) in [5, 5.41) is 0. The van der Waals surface area contributed by atoms with Crippen molar-refractivity contribution >= 4 is 17.7 Å². The van der Waals surface area contributed by atoms with Crippen molar-refractivity contribution in [2.75, 3.05) is 25.2 Å². The molecule has 0 aromatic heterocycles. The molecule has 0 fully saturated rings. The predicted molar refractivity (Wildman–Crippen MR) is 68.6 cm³/mol. The zero-order chi connectivity index (χ0) is 12.1. The summed E-state index contributed by atoms with van der Waals surface area (Å²) >= 11 is 1.67. The number of carbonyl (C=O) groups is 1. The molecule has 0 unspecified atom stereocenters. The van der Waals surface area contributed by atoms with Crippen molar-refractivity contribution in [3.05, 3.63) is 29.8 Å². The summed E-state index contributed by atoms with van der Waals surface area (Å²) in [5.74, 6) is 1.36. The van der Waals surface area contributed by atoms with Gasteiger partial charge in [-0.3, -0.25) is 4.79 Å². The van der Waals surface area contributed by atoms with E-state index in [1.165, 1.54) is 0 Å². The number of hydrogen-bond donors (Lipinski definition) is 0. The Labute approximate surface area is 105 Å². The third-order valence-electron chi connectivity index (χ3n) is 2.77. The first-order valence-electron chi connectivity index (χ1n) is 5.70. The Hall–Kier alpha value is -1.16. The Morgan fingerprint density at radius 1 is 1.53 bits per heavy atom. The van der Waals surface area contributed by atoms with E-state index in [4.69, 9.17) is 9.47 Å². The quantitative estimate of drug-likeness (QED) is 0.609. The molecule has 0 spiro atoms. The molecule has 1 heterocycles. The van der Waals surface area contributed by atoms with Crippen LogP contribution in [0, 0.1) is 0 Å². The lowest BCUT2D eigenvalue weighted by atomic mass is 9.93. The minimum absolute atomic E-state index is 0.130. The van der Waals surface area contributed by atoms with Crippen molar-refractivity contribution < 1.29 is 14.3 Å². The van der Waals surface area contributed by atoms with Crippen molar-refractivity contribution in [2.45, 2.75) is 12.3 Å². The van der Waals surface area contributed by atoms with Gasteiger partial charge >= 0.3 is 5.97 Å². The van der Waals surface area contributed by atoms with Crippen LogP contribution in [-0.4, -0.2) is 31.2 Å². The van der Waals surface area contributed by atoms with Gasteiger partial charge in [-0.25, -0.2) is 0 Å². The van der Waals surface area contributed by atoms with Crippen molar-refractivity contribution in [1.29, 1.82) is 0 Å². The molecule has 1 aliphatic rings. The molecule has 0 bridgehead atoms. The highest BCUT2D eigenvalue weighted by atomic mass is 32.2. The van der Waals surface area contributed by atoms with Crippen LogP contribution in [0.25, 0.3) is 0 Å². The van der Waals surface area contributed by atoms with Crippen LogP contribution in [0.1, 0.15) is 17.9 Å². The van der Waals surface area contributed by atoms with Gasteiger partial charge in [0.2, 0.25) is 0 Å². The van der Waals surface area contributed by atoms with Crippen molar-refractivity contribution in [3.8, 4) is 5.75 Å². The van der Waals surface area contributed by atoms with E-state index in [2.05, 4.69) is 0 Å². The number of hydrogen-bond acceptors (Lipinski definition) is 4. The summed E-state index contributed by atoms with van der Waals surface area (Å²) in [6.45, 7) is 1.07. The summed E-state index contributed by atoms with van der Waals surface area (Å²) in [7, 11) is 0. The lowest BCUT2D eigenvalue weighted by Crippen LogP contribution is -2.23. The molecule has 3 nitrogen and oxygen atoms in total. The van der Waals surface area contributed by atoms with Gasteiger partial charge < -0.3 is 9.47 Å². The van der Waals surface area contributed by atoms with Crippen molar-refractivity contribution in [3.63, 3.8) is 0 Å². The number of benzene rings is 1. The fourth-order valence-corrected chi connectivity index (χ4v) is 2.16. The SMILES string of the molecule is CSCCOC(=O)[C@H]1CCOc2ccccc21. The molecule has 92 valence electrons. The molecule has 1 aliphatic heterocycles. The topological polar surface area (TPSA) is 35.5 Å². The number of fused-ring (bicyclic) bond motifs is 1. The van der Waals surface area contributed by atoms with Gasteiger partial charge in [-0.2, -0.15) is 11.8 Å². The maximum atomic E-state index is 11.9. The summed E-state index contributed by atoms with van der Waals surface area (Å²) in [6.07, 6.45) is 2.70. The summed E-state index contributed by atoms with van der Waals surface area (Å²) in [5.41, 5.74) is 0.952. The second-order valence-electron chi connectivity index (χ2n) is 3.89. The van der Waals surface area contributed by atoms with Gasteiger partial charge in [0.05, 0.1) is 12.5 Å². The number of esters is 1. The molecular weight excluding hydrogens is 236 g/mol. The minimum atomic E-state index is -0.165. The van der Waals surface area contributed by atoms with Gasteiger partial charge in [0.15, 0.2) is 0 Å². The summed E-state index contributed by atoms with van der Waals surface area (Å²) in [4.78, 5) is 11.9. The van der Waals surface area contributed by atoms with E-state index in [1.807, 2.05) is 30.5 Å². The van der Waals surface area contributed by atoms with Crippen molar-refractivity contribution in [2.24, 2.45) is 0 Å². The van der Waals surface area contributed by atoms with Crippen LogP contribution in [0.5, 0.6) is 5.75 Å². The second kappa shape index (κ2) is 5.96. The number of ether oxygens (including phenoxy) is 2. The Bertz CT molecular complexity index is 392. The smallest absolute Gasteiger partial charge is 0.313 e. The fraction of sp³-hybridized carbons (Fsp3) is 0.462. The molecule has 0 saturated carbocycles. The third kappa shape index (κ3) is 2.94. The zero-order valence-electron chi connectivity index (χ0n) is 9.85. The average Bonchev–Trinajstić information content (AvgIpc) is 2.38. The first kappa shape index (κ1) is 12.3. The van der Waals surface area contributed by atoms with Crippen LogP contribution in [0.3, 0.4) is 0 Å². The van der Waals surface area contributed by atoms with Crippen LogP contribution >= 0.6 is 11.8 Å². The van der Waals surface area contributed by atoms with Crippen LogP contribution in [0.15, 0.2) is 24.3 Å². The molecule has 0 aliphatic carbocycles. The van der Waals surface area contributed by atoms with Gasteiger partial charge in [0.25, 0.3) is 0 Å². The molecule has 0 amide bonds. The van der Waals surface area contributed by atoms with Gasteiger partial charge in [0, 0.05) is 11.3 Å². The van der Waals surface area contributed by atoms with Gasteiger partial charge in [-0.05, 0) is 18.7 Å². The van der Waals surface area contributed by atoms with E-state index in [0.717, 1.165) is 17.1 Å². The summed E-state index contributed by atoms with van der Waals surface area (Å²) < 4.78 is 10.8. The standard InChI is InChI=1S/C13H16O3S/c1-17-9-8-16-13(14)11-6-7-15-12-5-3-2-4-10(11)12/h2-5,11H,6-9H2,1H3/t11-/m0/s1. The van der Waals surface area contributed by atoms with E-state index in [9.17, 15) is 4.79 Å². The van der Waals surface area contributed by atoms with E-state index >= 15 is 0 Å². The largest absolute Gasteiger partial charge is 0.493 e. The number of carbonyl (C=O) groups excluding carboxylic acids is 1. The van der Waals surface area contributed by atoms with Crippen molar-refractivity contribution in [1.82, 2.24) is 0 Å². The highest BCUT2D eigenvalue weighted by molar-refractivity contribution is 7.98. The first-order valence-corrected chi connectivity index (χ1v) is 7.09. The Balaban J connectivity index is 2.05. The number of rotatable bonds is 4. The Morgan fingerprint density at radius 2 is 2.35 bits per heavy atom. The summed E-state index contributed by atoms with van der Waals surface area (Å²) in [6, 6.07) is 7.68. The van der Waals surface area contributed by atoms with Gasteiger partial charge in [0.1, 0.15) is 12.4 Å². The maximum absolute atomic E-state index is 11.9. The monoisotopic (exact) mass is 252 g/mol. The Kier molecular flexibility index (Phi) is 4.31. The minimum Gasteiger partial charge on any atom is -0.493 e. The Morgan fingerprint density at radius 3 is 3.18 bits per heavy atom. The maximum Gasteiger partial charge on any atom is 0.313 e. The molecule has 1 atom stereocenters. The molecule has 0 saturated heterocycles. The third-order valence-corrected chi connectivity index (χ3v) is 3.35. The van der Waals surface area contributed by atoms with Crippen LogP contribution in [0.4, 0.5) is 0 Å². The van der Waals surface area contributed by atoms with Crippen LogP contribution in [0.2, 0.25) is 0 Å². The van der Waals surface area contributed by atoms with E-state index in [0.29, 0.717) is 19.6 Å². The fourth-order valence-electron chi connectivity index (χ4n) is 1.91. The van der Waals surface area contributed by atoms with E-state index in [1.54, 1.807) is 11.8 Å². The van der Waals surface area contributed by atoms with Crippen LogP contribution in [-0.2, 0) is 9.53 Å². The highest BCUT2D eigenvalue weighted by Crippen LogP contribution is 2.33. The zero-order valence-corrected chi connectivity index (χ0v) is 10.7. The molecular formula is C13H16O3S. The lowest BCUT2D eigenvalue weighted by molar-refractivity contribution is -0.145. The lowest BCUT2D eigenvalue weighted by Gasteiger charge is -2.24. The average molecular weight is 252 g/mol. The number of thioether (sulfide) groups is 1. The number of para-hydroxylation sites is 1. The molecule has 0 radical (unpaired) electrons. The van der Waals surface area contributed by atoms with E-state index in [-0.39, 0.29) is 11.9 Å². The molecule has 4 heteroatoms. The first-order chi connectivity index (χ1) is 8.33. The van der Waals surface area contributed by atoms with Gasteiger partial charge in [-0.1, -0.05) is 18.2 Å². The van der Waals surface area contributed by atoms with Gasteiger partial charge in [-0.15, -0.1) is 0 Å². The molecule has 0 N–H and O–H groups in total. The normalized spacial score (nSPS) is 18.1. The molecule has 1 aromatic rings. The predicted octanol–water partition coefficient (Wildman–Crippen LogP) is 2.46. The second-order valence-corrected chi connectivity index (χ2v) is 4.87. The molecule has 2 rings (SSSR count). The molecule has 17 heavy (non-hydrogen) atoms. The van der Waals surface area contributed by atoms with Crippen LogP contribution < -0.4 is 4.74 Å².